The van der Waals surface area contributed by atoms with Gasteiger partial charge in [0.05, 0.1) is 11.4 Å². The molecular weight excluding hydrogens is 389 g/mol. The van der Waals surface area contributed by atoms with Crippen LogP contribution in [-0.2, 0) is 11.3 Å². The molecule has 144 valence electrons. The molecule has 3 rings (SSSR count). The SMILES string of the molecule is CN(CC(=O)N1CCN(C(=O)c2cccs2)CC1)Cc1c(F)cccc1Cl. The predicted octanol–water partition coefficient (Wildman–Crippen LogP) is 2.96. The minimum atomic E-state index is -0.373. The molecular formula is C19H21ClFN3O2S. The van der Waals surface area contributed by atoms with Gasteiger partial charge in [0.15, 0.2) is 0 Å². The van der Waals surface area contributed by atoms with E-state index in [1.165, 1.54) is 17.4 Å². The maximum absolute atomic E-state index is 13.9. The molecule has 2 heterocycles. The fourth-order valence-corrected chi connectivity index (χ4v) is 3.97. The van der Waals surface area contributed by atoms with E-state index in [1.807, 2.05) is 17.5 Å². The number of thiophene rings is 1. The van der Waals surface area contributed by atoms with Crippen LogP contribution in [0.15, 0.2) is 35.7 Å². The van der Waals surface area contributed by atoms with Crippen LogP contribution in [0.3, 0.4) is 0 Å². The first kappa shape index (κ1) is 19.8. The highest BCUT2D eigenvalue weighted by Crippen LogP contribution is 2.20. The number of rotatable bonds is 5. The van der Waals surface area contributed by atoms with Crippen LogP contribution in [0.4, 0.5) is 4.39 Å². The normalized spacial score (nSPS) is 14.7. The van der Waals surface area contributed by atoms with Crippen molar-refractivity contribution >= 4 is 34.8 Å². The van der Waals surface area contributed by atoms with Crippen LogP contribution in [0.25, 0.3) is 0 Å². The number of carbonyl (C=O) groups is 2. The third-order valence-electron chi connectivity index (χ3n) is 4.55. The monoisotopic (exact) mass is 409 g/mol. The third-order valence-corrected chi connectivity index (χ3v) is 5.76. The standard InChI is InChI=1S/C19H21ClFN3O2S/c1-22(12-14-15(20)4-2-5-16(14)21)13-18(25)23-7-9-24(10-8-23)19(26)17-6-3-11-27-17/h2-6,11H,7-10,12-13H2,1H3. The Morgan fingerprint density at radius 1 is 1.15 bits per heavy atom. The fraction of sp³-hybridized carbons (Fsp3) is 0.368. The largest absolute Gasteiger partial charge is 0.338 e. The van der Waals surface area contributed by atoms with Gasteiger partial charge in [0, 0.05) is 43.3 Å². The Morgan fingerprint density at radius 3 is 2.48 bits per heavy atom. The van der Waals surface area contributed by atoms with Crippen molar-refractivity contribution in [3.63, 3.8) is 0 Å². The van der Waals surface area contributed by atoms with Crippen LogP contribution < -0.4 is 0 Å². The molecule has 0 atom stereocenters. The van der Waals surface area contributed by atoms with Gasteiger partial charge in [-0.2, -0.15) is 0 Å². The molecule has 1 saturated heterocycles. The number of carbonyl (C=O) groups excluding carboxylic acids is 2. The average molecular weight is 410 g/mol. The lowest BCUT2D eigenvalue weighted by Crippen LogP contribution is -2.52. The molecule has 8 heteroatoms. The molecule has 0 N–H and O–H groups in total. The van der Waals surface area contributed by atoms with Gasteiger partial charge in [-0.3, -0.25) is 14.5 Å². The molecule has 0 saturated carbocycles. The van der Waals surface area contributed by atoms with Crippen molar-refractivity contribution in [1.29, 1.82) is 0 Å². The maximum Gasteiger partial charge on any atom is 0.264 e. The van der Waals surface area contributed by atoms with E-state index in [1.54, 1.807) is 33.9 Å². The van der Waals surface area contributed by atoms with E-state index in [9.17, 15) is 14.0 Å². The van der Waals surface area contributed by atoms with Gasteiger partial charge in [0.25, 0.3) is 5.91 Å². The number of nitrogens with zero attached hydrogens (tertiary/aromatic N) is 3. The number of hydrogen-bond donors (Lipinski definition) is 0. The first-order chi connectivity index (χ1) is 13.0. The summed E-state index contributed by atoms with van der Waals surface area (Å²) >= 11 is 7.47. The van der Waals surface area contributed by atoms with Gasteiger partial charge in [-0.25, -0.2) is 4.39 Å². The first-order valence-electron chi connectivity index (χ1n) is 8.67. The quantitative estimate of drug-likeness (QED) is 0.762. The highest BCUT2D eigenvalue weighted by atomic mass is 35.5. The van der Waals surface area contributed by atoms with Crippen molar-refractivity contribution in [2.24, 2.45) is 0 Å². The number of likely N-dealkylation sites (N-methyl/N-ethyl adjacent to an activating group) is 1. The Bertz CT molecular complexity index is 787. The molecule has 0 radical (unpaired) electrons. The van der Waals surface area contributed by atoms with Crippen molar-refractivity contribution in [2.45, 2.75) is 6.54 Å². The third kappa shape index (κ3) is 4.86. The van der Waals surface area contributed by atoms with E-state index in [4.69, 9.17) is 11.6 Å². The van der Waals surface area contributed by atoms with Crippen molar-refractivity contribution in [1.82, 2.24) is 14.7 Å². The van der Waals surface area contributed by atoms with Crippen molar-refractivity contribution < 1.29 is 14.0 Å². The molecule has 1 aliphatic heterocycles. The molecule has 5 nitrogen and oxygen atoms in total. The summed E-state index contributed by atoms with van der Waals surface area (Å²) in [5, 5.41) is 2.24. The Kier molecular flexibility index (Phi) is 6.46. The minimum absolute atomic E-state index is 0.0170. The van der Waals surface area contributed by atoms with Crippen molar-refractivity contribution in [2.75, 3.05) is 39.8 Å². The molecule has 2 amide bonds. The fourth-order valence-electron chi connectivity index (χ4n) is 3.06. The van der Waals surface area contributed by atoms with Gasteiger partial charge in [-0.05, 0) is 30.6 Å². The summed E-state index contributed by atoms with van der Waals surface area (Å²) in [5.74, 6) is -0.390. The van der Waals surface area contributed by atoms with Gasteiger partial charge in [0.2, 0.25) is 5.91 Å². The van der Waals surface area contributed by atoms with Crippen molar-refractivity contribution in [3.05, 3.63) is 57.0 Å². The molecule has 0 unspecified atom stereocenters. The smallest absolute Gasteiger partial charge is 0.264 e. The topological polar surface area (TPSA) is 43.9 Å². The highest BCUT2D eigenvalue weighted by molar-refractivity contribution is 7.12. The molecule has 0 bridgehead atoms. The van der Waals surface area contributed by atoms with Gasteiger partial charge in [-0.1, -0.05) is 23.7 Å². The molecule has 1 aromatic heterocycles. The zero-order chi connectivity index (χ0) is 19.4. The summed E-state index contributed by atoms with van der Waals surface area (Å²) in [7, 11) is 1.76. The molecule has 27 heavy (non-hydrogen) atoms. The second-order valence-corrected chi connectivity index (χ2v) is 7.88. The molecule has 2 aromatic rings. The number of hydrogen-bond acceptors (Lipinski definition) is 4. The lowest BCUT2D eigenvalue weighted by atomic mass is 10.2. The molecule has 1 aromatic carbocycles. The molecule has 0 spiro atoms. The van der Waals surface area contributed by atoms with Gasteiger partial charge in [0.1, 0.15) is 5.82 Å². The zero-order valence-corrected chi connectivity index (χ0v) is 16.6. The second kappa shape index (κ2) is 8.82. The Hall–Kier alpha value is -1.96. The van der Waals surface area contributed by atoms with E-state index >= 15 is 0 Å². The second-order valence-electron chi connectivity index (χ2n) is 6.52. The van der Waals surface area contributed by atoms with Gasteiger partial charge < -0.3 is 9.80 Å². The first-order valence-corrected chi connectivity index (χ1v) is 9.93. The van der Waals surface area contributed by atoms with Crippen LogP contribution >= 0.6 is 22.9 Å². The van der Waals surface area contributed by atoms with Crippen LogP contribution in [-0.4, -0.2) is 66.3 Å². The predicted molar refractivity (Wildman–Crippen MR) is 105 cm³/mol. The lowest BCUT2D eigenvalue weighted by molar-refractivity contribution is -0.133. The Labute approximate surface area is 166 Å². The molecule has 1 fully saturated rings. The Morgan fingerprint density at radius 2 is 1.85 bits per heavy atom. The van der Waals surface area contributed by atoms with E-state index < -0.39 is 0 Å². The van der Waals surface area contributed by atoms with E-state index in [0.717, 1.165) is 4.88 Å². The minimum Gasteiger partial charge on any atom is -0.338 e. The summed E-state index contributed by atoms with van der Waals surface area (Å²) < 4.78 is 13.9. The molecule has 0 aliphatic carbocycles. The van der Waals surface area contributed by atoms with E-state index in [0.29, 0.717) is 36.8 Å². The number of piperazine rings is 1. The summed E-state index contributed by atoms with van der Waals surface area (Å²) in [6, 6.07) is 8.23. The number of benzene rings is 1. The maximum atomic E-state index is 13.9. The number of halogens is 2. The summed E-state index contributed by atoms with van der Waals surface area (Å²) in [6.45, 7) is 2.47. The molecule has 1 aliphatic rings. The van der Waals surface area contributed by atoms with Crippen LogP contribution in [0.1, 0.15) is 15.2 Å². The lowest BCUT2D eigenvalue weighted by Gasteiger charge is -2.35. The van der Waals surface area contributed by atoms with Gasteiger partial charge >= 0.3 is 0 Å². The van der Waals surface area contributed by atoms with Gasteiger partial charge in [-0.15, -0.1) is 11.3 Å². The van der Waals surface area contributed by atoms with E-state index in [-0.39, 0.29) is 30.7 Å². The van der Waals surface area contributed by atoms with E-state index in [2.05, 4.69) is 0 Å². The Balaban J connectivity index is 1.50. The summed E-state index contributed by atoms with van der Waals surface area (Å²) in [4.78, 5) is 30.9. The average Bonchev–Trinajstić information content (AvgIpc) is 3.19. The summed E-state index contributed by atoms with van der Waals surface area (Å²) in [6.07, 6.45) is 0. The highest BCUT2D eigenvalue weighted by Gasteiger charge is 2.25. The van der Waals surface area contributed by atoms with Crippen molar-refractivity contribution in [3.8, 4) is 0 Å². The zero-order valence-electron chi connectivity index (χ0n) is 15.0. The van der Waals surface area contributed by atoms with Crippen LogP contribution in [0, 0.1) is 5.82 Å². The summed E-state index contributed by atoms with van der Waals surface area (Å²) in [5.41, 5.74) is 0.390. The van der Waals surface area contributed by atoms with Crippen LogP contribution in [0.2, 0.25) is 5.02 Å². The van der Waals surface area contributed by atoms with Crippen LogP contribution in [0.5, 0.6) is 0 Å². The number of amides is 2.